The number of rotatable bonds is 5. The van der Waals surface area contributed by atoms with Crippen molar-refractivity contribution in [2.24, 2.45) is 0 Å². The van der Waals surface area contributed by atoms with Gasteiger partial charge in [0, 0.05) is 24.5 Å². The van der Waals surface area contributed by atoms with Crippen LogP contribution in [0.2, 0.25) is 0 Å². The number of alkyl halides is 1. The van der Waals surface area contributed by atoms with Crippen molar-refractivity contribution in [1.29, 1.82) is 0 Å². The lowest BCUT2D eigenvalue weighted by molar-refractivity contribution is 0.406. The Morgan fingerprint density at radius 1 is 1.18 bits per heavy atom. The largest absolute Gasteiger partial charge is 0.279 e. The second-order valence-electron chi connectivity index (χ2n) is 4.85. The molecule has 1 rings (SSSR count). The third-order valence-electron chi connectivity index (χ3n) is 2.93. The Balaban J connectivity index is 2.54. The van der Waals surface area contributed by atoms with Crippen LogP contribution in [-0.4, -0.2) is 37.2 Å². The number of nitrogens with zero attached hydrogens (tertiary/aromatic N) is 1. The maximum absolute atomic E-state index is 12.1. The van der Waals surface area contributed by atoms with E-state index in [1.165, 1.54) is 0 Å². The molecule has 0 bridgehead atoms. The van der Waals surface area contributed by atoms with Crippen LogP contribution in [0.5, 0.6) is 0 Å². The van der Waals surface area contributed by atoms with Crippen molar-refractivity contribution in [2.45, 2.75) is 57.4 Å². The molecular weight excluding hydrogens is 260 g/mol. The Labute approximate surface area is 110 Å². The van der Waals surface area contributed by atoms with Crippen LogP contribution in [0.1, 0.15) is 46.0 Å². The highest BCUT2D eigenvalue weighted by Gasteiger charge is 2.24. The topological polar surface area (TPSA) is 49.4 Å². The summed E-state index contributed by atoms with van der Waals surface area (Å²) in [6.07, 6.45) is 4.82. The van der Waals surface area contributed by atoms with Gasteiger partial charge in [-0.15, -0.1) is 11.6 Å². The Hall–Kier alpha value is 0.160. The maximum Gasteiger partial charge on any atom is 0.279 e. The Morgan fingerprint density at radius 2 is 1.71 bits per heavy atom. The molecule has 1 aliphatic rings. The summed E-state index contributed by atoms with van der Waals surface area (Å²) in [6, 6.07) is -0.115. The minimum atomic E-state index is -3.33. The summed E-state index contributed by atoms with van der Waals surface area (Å²) in [6.45, 7) is 5.00. The van der Waals surface area contributed by atoms with Crippen molar-refractivity contribution in [3.05, 3.63) is 0 Å². The molecule has 0 amide bonds. The van der Waals surface area contributed by atoms with Crippen molar-refractivity contribution < 1.29 is 8.42 Å². The van der Waals surface area contributed by atoms with Crippen molar-refractivity contribution >= 4 is 21.8 Å². The molecule has 2 unspecified atom stereocenters. The second kappa shape index (κ2) is 6.92. The van der Waals surface area contributed by atoms with Crippen LogP contribution in [0.3, 0.4) is 0 Å². The standard InChI is InChI=1S/C11H23ClN2O2S/c1-10(12)9-11(2)13-17(15,16)14-7-5-3-4-6-8-14/h10-11,13H,3-9H2,1-2H3. The van der Waals surface area contributed by atoms with Crippen LogP contribution in [0, 0.1) is 0 Å². The molecule has 6 heteroatoms. The summed E-state index contributed by atoms with van der Waals surface area (Å²) < 4.78 is 28.5. The van der Waals surface area contributed by atoms with Crippen molar-refractivity contribution in [3.8, 4) is 0 Å². The third kappa shape index (κ3) is 5.55. The normalized spacial score (nSPS) is 23.0. The molecule has 0 aliphatic carbocycles. The molecule has 102 valence electrons. The van der Waals surface area contributed by atoms with Crippen LogP contribution in [0.15, 0.2) is 0 Å². The zero-order valence-electron chi connectivity index (χ0n) is 10.7. The van der Waals surface area contributed by atoms with Gasteiger partial charge < -0.3 is 0 Å². The lowest BCUT2D eigenvalue weighted by Gasteiger charge is -2.23. The van der Waals surface area contributed by atoms with Gasteiger partial charge in [0.25, 0.3) is 10.2 Å². The molecule has 1 saturated heterocycles. The minimum Gasteiger partial charge on any atom is -0.199 e. The molecule has 0 aromatic carbocycles. The summed E-state index contributed by atoms with van der Waals surface area (Å²) in [7, 11) is -3.33. The molecule has 1 heterocycles. The van der Waals surface area contributed by atoms with Crippen LogP contribution < -0.4 is 4.72 Å². The highest BCUT2D eigenvalue weighted by Crippen LogP contribution is 2.13. The van der Waals surface area contributed by atoms with E-state index in [-0.39, 0.29) is 11.4 Å². The van der Waals surface area contributed by atoms with Crippen LogP contribution in [0.4, 0.5) is 0 Å². The van der Waals surface area contributed by atoms with Crippen molar-refractivity contribution in [3.63, 3.8) is 0 Å². The smallest absolute Gasteiger partial charge is 0.199 e. The van der Waals surface area contributed by atoms with Gasteiger partial charge in [-0.2, -0.15) is 17.4 Å². The molecular formula is C11H23ClN2O2S. The summed E-state index contributed by atoms with van der Waals surface area (Å²) in [4.78, 5) is 0. The third-order valence-corrected chi connectivity index (χ3v) is 4.86. The first kappa shape index (κ1) is 15.2. The minimum absolute atomic E-state index is 0.0168. The van der Waals surface area contributed by atoms with Crippen LogP contribution in [0.25, 0.3) is 0 Å². The average molecular weight is 283 g/mol. The molecule has 1 N–H and O–H groups in total. The first-order valence-corrected chi connectivity index (χ1v) is 8.21. The molecule has 17 heavy (non-hydrogen) atoms. The van der Waals surface area contributed by atoms with E-state index in [9.17, 15) is 8.42 Å². The molecule has 1 fully saturated rings. The molecule has 0 saturated carbocycles. The fraction of sp³-hybridized carbons (Fsp3) is 1.00. The predicted octanol–water partition coefficient (Wildman–Crippen LogP) is 2.10. The van der Waals surface area contributed by atoms with E-state index < -0.39 is 10.2 Å². The molecule has 0 radical (unpaired) electrons. The van der Waals surface area contributed by atoms with E-state index >= 15 is 0 Å². The molecule has 0 spiro atoms. The van der Waals surface area contributed by atoms with Gasteiger partial charge in [-0.25, -0.2) is 0 Å². The van der Waals surface area contributed by atoms with E-state index in [0.29, 0.717) is 19.5 Å². The van der Waals surface area contributed by atoms with Crippen molar-refractivity contribution in [2.75, 3.05) is 13.1 Å². The zero-order valence-corrected chi connectivity index (χ0v) is 12.2. The summed E-state index contributed by atoms with van der Waals surface area (Å²) >= 11 is 5.86. The van der Waals surface area contributed by atoms with Gasteiger partial charge in [-0.1, -0.05) is 12.8 Å². The summed E-state index contributed by atoms with van der Waals surface area (Å²) in [5.41, 5.74) is 0. The Kier molecular flexibility index (Phi) is 6.20. The van der Waals surface area contributed by atoms with Gasteiger partial charge in [0.1, 0.15) is 0 Å². The van der Waals surface area contributed by atoms with Gasteiger partial charge in [0.15, 0.2) is 0 Å². The molecule has 2 atom stereocenters. The lowest BCUT2D eigenvalue weighted by atomic mass is 10.2. The second-order valence-corrected chi connectivity index (χ2v) is 7.30. The van der Waals surface area contributed by atoms with E-state index in [4.69, 9.17) is 11.6 Å². The van der Waals surface area contributed by atoms with Gasteiger partial charge in [0.05, 0.1) is 0 Å². The molecule has 0 aromatic heterocycles. The monoisotopic (exact) mass is 282 g/mol. The highest BCUT2D eigenvalue weighted by molar-refractivity contribution is 7.87. The van der Waals surface area contributed by atoms with Gasteiger partial charge in [-0.3, -0.25) is 0 Å². The van der Waals surface area contributed by atoms with Crippen LogP contribution >= 0.6 is 11.6 Å². The Bertz CT molecular complexity index is 311. The van der Waals surface area contributed by atoms with E-state index in [1.54, 1.807) is 4.31 Å². The summed E-state index contributed by atoms with van der Waals surface area (Å²) in [5.74, 6) is 0. The van der Waals surface area contributed by atoms with Gasteiger partial charge in [0.2, 0.25) is 0 Å². The van der Waals surface area contributed by atoms with E-state index in [1.807, 2.05) is 13.8 Å². The number of hydrogen-bond donors (Lipinski definition) is 1. The Morgan fingerprint density at radius 3 is 2.18 bits per heavy atom. The number of nitrogens with one attached hydrogen (secondary N) is 1. The van der Waals surface area contributed by atoms with Crippen molar-refractivity contribution in [1.82, 2.24) is 9.03 Å². The fourth-order valence-corrected chi connectivity index (χ4v) is 3.91. The van der Waals surface area contributed by atoms with E-state index in [2.05, 4.69) is 4.72 Å². The first-order valence-electron chi connectivity index (χ1n) is 6.33. The lowest BCUT2D eigenvalue weighted by Crippen LogP contribution is -2.45. The highest BCUT2D eigenvalue weighted by atomic mass is 35.5. The SMILES string of the molecule is CC(Cl)CC(C)NS(=O)(=O)N1CCCCCC1. The summed E-state index contributed by atoms with van der Waals surface area (Å²) in [5, 5.41) is -0.0168. The van der Waals surface area contributed by atoms with Gasteiger partial charge >= 0.3 is 0 Å². The van der Waals surface area contributed by atoms with Crippen LogP contribution in [-0.2, 0) is 10.2 Å². The average Bonchev–Trinajstić information content (AvgIpc) is 2.42. The number of halogens is 1. The quantitative estimate of drug-likeness (QED) is 0.785. The molecule has 1 aliphatic heterocycles. The zero-order chi connectivity index (χ0) is 12.9. The fourth-order valence-electron chi connectivity index (χ4n) is 2.15. The van der Waals surface area contributed by atoms with Gasteiger partial charge in [-0.05, 0) is 33.1 Å². The number of hydrogen-bond acceptors (Lipinski definition) is 2. The molecule has 4 nitrogen and oxygen atoms in total. The predicted molar refractivity (Wildman–Crippen MR) is 71.5 cm³/mol. The maximum atomic E-state index is 12.1. The van der Waals surface area contributed by atoms with E-state index in [0.717, 1.165) is 25.7 Å². The first-order chi connectivity index (χ1) is 7.92. The molecule has 0 aromatic rings.